The minimum atomic E-state index is -4.78. The lowest BCUT2D eigenvalue weighted by Gasteiger charge is -2.18. The molecule has 0 aliphatic heterocycles. The van der Waals surface area contributed by atoms with Crippen molar-refractivity contribution in [1.82, 2.24) is 34.8 Å². The van der Waals surface area contributed by atoms with Crippen LogP contribution in [0.5, 0.6) is 0 Å². The second kappa shape index (κ2) is 10.3. The molecule has 13 heteroatoms. The topological polar surface area (TPSA) is 107 Å². The van der Waals surface area contributed by atoms with Crippen molar-refractivity contribution in [2.75, 3.05) is 14.1 Å². The number of carbonyl (C=O) groups is 2. The predicted octanol–water partition coefficient (Wildman–Crippen LogP) is 3.11. The summed E-state index contributed by atoms with van der Waals surface area (Å²) in [5.74, 6) is -0.814. The number of carbonyl (C=O) groups excluding carboxylic acids is 2. The summed E-state index contributed by atoms with van der Waals surface area (Å²) in [6.07, 6.45) is 5.60. The van der Waals surface area contributed by atoms with E-state index >= 15 is 0 Å². The molecule has 10 nitrogen and oxygen atoms in total. The van der Waals surface area contributed by atoms with Crippen molar-refractivity contribution in [3.05, 3.63) is 67.0 Å². The molecule has 0 spiro atoms. The third kappa shape index (κ3) is 5.88. The first-order chi connectivity index (χ1) is 17.6. The first-order valence-corrected chi connectivity index (χ1v) is 11.2. The van der Waals surface area contributed by atoms with E-state index in [-0.39, 0.29) is 31.2 Å². The molecule has 3 heterocycles. The van der Waals surface area contributed by atoms with Gasteiger partial charge in [0.25, 0.3) is 0 Å². The molecule has 1 aliphatic carbocycles. The summed E-state index contributed by atoms with van der Waals surface area (Å²) in [4.78, 5) is 29.9. The highest BCUT2D eigenvalue weighted by molar-refractivity contribution is 5.95. The first-order valence-electron chi connectivity index (χ1n) is 11.2. The molecular weight excluding hydrogens is 491 g/mol. The quantitative estimate of drug-likeness (QED) is 0.462. The summed E-state index contributed by atoms with van der Waals surface area (Å²) in [6, 6.07) is 1.34. The summed E-state index contributed by atoms with van der Waals surface area (Å²) in [6.45, 7) is 3.57. The average molecular weight is 515 g/mol. The molecule has 0 aromatic carbocycles. The van der Waals surface area contributed by atoms with E-state index in [0.29, 0.717) is 22.3 Å². The highest BCUT2D eigenvalue weighted by atomic mass is 19.4. The van der Waals surface area contributed by atoms with E-state index in [2.05, 4.69) is 31.8 Å². The normalized spacial score (nSPS) is 15.4. The molecule has 0 saturated heterocycles. The number of rotatable bonds is 8. The number of allylic oxidation sites excluding steroid dienone is 3. The van der Waals surface area contributed by atoms with Crippen LogP contribution in [0.4, 0.5) is 13.2 Å². The minimum Gasteiger partial charge on any atom is -0.406 e. The van der Waals surface area contributed by atoms with Gasteiger partial charge in [0.05, 0.1) is 29.9 Å². The number of fused-ring (bicyclic) bond motifs is 1. The van der Waals surface area contributed by atoms with Gasteiger partial charge >= 0.3 is 6.36 Å². The number of pyridine rings is 1. The van der Waals surface area contributed by atoms with Crippen LogP contribution in [0.25, 0.3) is 22.2 Å². The molecule has 3 aromatic heterocycles. The van der Waals surface area contributed by atoms with Crippen LogP contribution in [0.1, 0.15) is 18.2 Å². The summed E-state index contributed by atoms with van der Waals surface area (Å²) >= 11 is 0. The van der Waals surface area contributed by atoms with E-state index in [4.69, 9.17) is 0 Å². The van der Waals surface area contributed by atoms with Crippen LogP contribution in [-0.2, 0) is 27.4 Å². The Labute approximate surface area is 209 Å². The number of halogens is 3. The zero-order chi connectivity index (χ0) is 26.7. The zero-order valence-electron chi connectivity index (χ0n) is 20.1. The van der Waals surface area contributed by atoms with E-state index in [9.17, 15) is 22.8 Å². The van der Waals surface area contributed by atoms with Gasteiger partial charge in [0.2, 0.25) is 11.8 Å². The number of aromatic nitrogens is 5. The smallest absolute Gasteiger partial charge is 0.406 e. The van der Waals surface area contributed by atoms with Gasteiger partial charge in [-0.15, -0.1) is 13.2 Å². The monoisotopic (exact) mass is 515 g/mol. The van der Waals surface area contributed by atoms with Crippen LogP contribution in [0.3, 0.4) is 0 Å². The maximum atomic E-state index is 12.6. The Kier molecular flexibility index (Phi) is 7.14. The van der Waals surface area contributed by atoms with E-state index in [1.165, 1.54) is 21.7 Å². The Morgan fingerprint density at radius 2 is 2.14 bits per heavy atom. The summed E-state index contributed by atoms with van der Waals surface area (Å²) in [5.41, 5.74) is 2.40. The summed E-state index contributed by atoms with van der Waals surface area (Å²) in [5, 5.41) is 12.3. The van der Waals surface area contributed by atoms with Gasteiger partial charge in [0.1, 0.15) is 12.3 Å². The third-order valence-electron chi connectivity index (χ3n) is 5.61. The van der Waals surface area contributed by atoms with Crippen molar-refractivity contribution < 1.29 is 27.5 Å². The summed E-state index contributed by atoms with van der Waals surface area (Å²) < 4.78 is 44.8. The molecule has 3 aromatic rings. The van der Waals surface area contributed by atoms with Crippen molar-refractivity contribution in [1.29, 1.82) is 0 Å². The Balaban J connectivity index is 1.72. The molecule has 4 rings (SSSR count). The second-order valence-corrected chi connectivity index (χ2v) is 8.40. The largest absolute Gasteiger partial charge is 0.573 e. The second-order valence-electron chi connectivity index (χ2n) is 8.40. The molecule has 0 saturated carbocycles. The molecular formula is C24H24F3N7O3. The van der Waals surface area contributed by atoms with Crippen molar-refractivity contribution in [3.63, 3.8) is 0 Å². The maximum absolute atomic E-state index is 12.6. The van der Waals surface area contributed by atoms with Gasteiger partial charge in [-0.3, -0.25) is 14.3 Å². The Morgan fingerprint density at radius 1 is 1.35 bits per heavy atom. The van der Waals surface area contributed by atoms with Gasteiger partial charge in [-0.25, -0.2) is 9.67 Å². The van der Waals surface area contributed by atoms with Crippen molar-refractivity contribution in [3.8, 4) is 11.1 Å². The van der Waals surface area contributed by atoms with Gasteiger partial charge in [-0.1, -0.05) is 12.7 Å². The first kappa shape index (κ1) is 25.7. The molecule has 194 valence electrons. The number of hydrogen-bond acceptors (Lipinski definition) is 6. The number of amides is 2. The average Bonchev–Trinajstić information content (AvgIpc) is 3.46. The van der Waals surface area contributed by atoms with Crippen LogP contribution in [0, 0.1) is 0 Å². The van der Waals surface area contributed by atoms with Gasteiger partial charge < -0.3 is 15.0 Å². The van der Waals surface area contributed by atoms with Gasteiger partial charge in [-0.05, 0) is 36.3 Å². The fourth-order valence-electron chi connectivity index (χ4n) is 3.82. The van der Waals surface area contributed by atoms with E-state index in [1.54, 1.807) is 49.5 Å². The zero-order valence-corrected chi connectivity index (χ0v) is 20.1. The van der Waals surface area contributed by atoms with Crippen molar-refractivity contribution in [2.24, 2.45) is 0 Å². The van der Waals surface area contributed by atoms with Gasteiger partial charge in [0, 0.05) is 32.1 Å². The fourth-order valence-corrected chi connectivity index (χ4v) is 3.82. The van der Waals surface area contributed by atoms with E-state index < -0.39 is 18.3 Å². The van der Waals surface area contributed by atoms with Crippen LogP contribution in [0.2, 0.25) is 0 Å². The molecule has 37 heavy (non-hydrogen) atoms. The molecule has 2 amide bonds. The molecule has 1 N–H and O–H groups in total. The lowest BCUT2D eigenvalue weighted by Crippen LogP contribution is -2.26. The molecule has 0 bridgehead atoms. The maximum Gasteiger partial charge on any atom is 0.573 e. The number of ether oxygens (including phenoxy) is 1. The van der Waals surface area contributed by atoms with Gasteiger partial charge in [0.15, 0.2) is 5.65 Å². The van der Waals surface area contributed by atoms with Crippen LogP contribution in [0.15, 0.2) is 61.3 Å². The Morgan fingerprint density at radius 3 is 2.78 bits per heavy atom. The summed E-state index contributed by atoms with van der Waals surface area (Å²) in [7, 11) is 3.31. The molecule has 1 aliphatic rings. The molecule has 1 atom stereocenters. The lowest BCUT2D eigenvalue weighted by atomic mass is 10.0. The SMILES string of the molecule is C=CC(=O)NCc1nn(C2C=CC(OC(F)(F)F)=CC2)c2nccc(-c3cnn(CC(=O)N(C)C)c3)c12. The molecule has 0 fully saturated rings. The number of likely N-dealkylation sites (N-methyl/N-ethyl adjacent to an activating group) is 1. The number of nitrogens with one attached hydrogen (secondary N) is 1. The predicted molar refractivity (Wildman–Crippen MR) is 128 cm³/mol. The highest BCUT2D eigenvalue weighted by Gasteiger charge is 2.32. The minimum absolute atomic E-state index is 0.0598. The van der Waals surface area contributed by atoms with E-state index in [0.717, 1.165) is 11.6 Å². The molecule has 1 unspecified atom stereocenters. The standard InChI is InChI=1S/C24H24F3N7O3/c1-4-20(35)29-12-19-22-18(15-11-30-33(13-15)14-21(36)32(2)3)9-10-28-23(22)34(31-19)16-5-7-17(8-6-16)37-24(25,26)27/h4-5,7-11,13,16H,1,6,12,14H2,2-3H3,(H,29,35). The van der Waals surface area contributed by atoms with Crippen molar-refractivity contribution >= 4 is 22.8 Å². The van der Waals surface area contributed by atoms with Crippen LogP contribution in [-0.4, -0.2) is 61.7 Å². The number of nitrogens with zero attached hydrogens (tertiary/aromatic N) is 6. The Hall–Kier alpha value is -4.42. The van der Waals surface area contributed by atoms with Crippen molar-refractivity contribution in [2.45, 2.75) is 31.9 Å². The highest BCUT2D eigenvalue weighted by Crippen LogP contribution is 2.34. The van der Waals surface area contributed by atoms with Crippen LogP contribution < -0.4 is 5.32 Å². The third-order valence-corrected chi connectivity index (χ3v) is 5.61. The lowest BCUT2D eigenvalue weighted by molar-refractivity contribution is -0.303. The van der Waals surface area contributed by atoms with Gasteiger partial charge in [-0.2, -0.15) is 10.2 Å². The Bertz CT molecular complexity index is 1400. The fraction of sp³-hybridized carbons (Fsp3) is 0.292. The molecule has 0 radical (unpaired) electrons. The van der Waals surface area contributed by atoms with E-state index in [1.807, 2.05) is 0 Å². The number of hydrogen-bond donors (Lipinski definition) is 1. The van der Waals surface area contributed by atoms with Crippen LogP contribution >= 0.6 is 0 Å². The number of alkyl halides is 3.